The molecule has 1 saturated heterocycles. The Kier molecular flexibility index (Phi) is 10.0. The molecule has 26 heavy (non-hydrogen) atoms. The van der Waals surface area contributed by atoms with E-state index in [0.717, 1.165) is 36.5 Å². The fraction of sp³-hybridized carbons (Fsp3) is 0.368. The number of nitrogens with zero attached hydrogens (tertiary/aromatic N) is 1. The molecule has 2 heterocycles. The summed E-state index contributed by atoms with van der Waals surface area (Å²) >= 11 is 0. The van der Waals surface area contributed by atoms with Gasteiger partial charge in [-0.25, -0.2) is 0 Å². The monoisotopic (exact) mass is 397 g/mol. The van der Waals surface area contributed by atoms with E-state index in [1.165, 1.54) is 6.42 Å². The van der Waals surface area contributed by atoms with Gasteiger partial charge in [-0.15, -0.1) is 24.8 Å². The summed E-state index contributed by atoms with van der Waals surface area (Å²) in [4.78, 5) is 16.0. The van der Waals surface area contributed by atoms with Gasteiger partial charge in [0.25, 0.3) is 0 Å². The zero-order valence-corrected chi connectivity index (χ0v) is 16.2. The van der Waals surface area contributed by atoms with Crippen LogP contribution in [0.4, 0.5) is 5.69 Å². The van der Waals surface area contributed by atoms with Crippen LogP contribution in [0.25, 0.3) is 0 Å². The van der Waals surface area contributed by atoms with Crippen LogP contribution in [0.5, 0.6) is 5.75 Å². The number of aromatic nitrogens is 1. The number of nitrogens with one attached hydrogen (secondary N) is 2. The van der Waals surface area contributed by atoms with Gasteiger partial charge in [-0.2, -0.15) is 0 Å². The maximum absolute atomic E-state index is 12.0. The minimum atomic E-state index is 0. The van der Waals surface area contributed by atoms with E-state index < -0.39 is 0 Å². The minimum Gasteiger partial charge on any atom is -0.489 e. The molecule has 0 spiro atoms. The molecule has 0 bridgehead atoms. The van der Waals surface area contributed by atoms with Crippen LogP contribution < -0.4 is 15.4 Å². The average molecular weight is 398 g/mol. The Hall–Kier alpha value is -1.82. The van der Waals surface area contributed by atoms with Crippen LogP contribution >= 0.6 is 24.8 Å². The van der Waals surface area contributed by atoms with Crippen LogP contribution in [-0.4, -0.2) is 24.0 Å². The molecule has 1 aromatic heterocycles. The van der Waals surface area contributed by atoms with Gasteiger partial charge in [0, 0.05) is 24.5 Å². The van der Waals surface area contributed by atoms with Crippen molar-refractivity contribution >= 4 is 36.4 Å². The number of carbonyl (C=O) groups excluding carboxylic acids is 1. The number of halogens is 2. The lowest BCUT2D eigenvalue weighted by atomic mass is 10.0. The van der Waals surface area contributed by atoms with Crippen molar-refractivity contribution < 1.29 is 9.53 Å². The number of hydrogen-bond donors (Lipinski definition) is 2. The van der Waals surface area contributed by atoms with Crippen molar-refractivity contribution in [2.24, 2.45) is 5.92 Å². The molecular weight excluding hydrogens is 373 g/mol. The summed E-state index contributed by atoms with van der Waals surface area (Å²) in [6.07, 6.45) is 6.20. The van der Waals surface area contributed by atoms with Gasteiger partial charge in [-0.3, -0.25) is 9.78 Å². The number of amides is 1. The molecular formula is C19H25Cl2N3O2. The van der Waals surface area contributed by atoms with E-state index >= 15 is 0 Å². The van der Waals surface area contributed by atoms with E-state index in [0.29, 0.717) is 18.9 Å². The third-order valence-corrected chi connectivity index (χ3v) is 4.23. The smallest absolute Gasteiger partial charge is 0.224 e. The van der Waals surface area contributed by atoms with Gasteiger partial charge < -0.3 is 15.4 Å². The highest BCUT2D eigenvalue weighted by atomic mass is 35.5. The molecule has 3 rings (SSSR count). The van der Waals surface area contributed by atoms with Gasteiger partial charge in [0.1, 0.15) is 12.4 Å². The van der Waals surface area contributed by atoms with E-state index in [2.05, 4.69) is 15.6 Å². The molecule has 2 N–H and O–H groups in total. The second-order valence-corrected chi connectivity index (χ2v) is 6.11. The molecule has 1 aromatic carbocycles. The lowest BCUT2D eigenvalue weighted by Crippen LogP contribution is -2.14. The lowest BCUT2D eigenvalue weighted by molar-refractivity contribution is -0.116. The molecule has 0 aliphatic carbocycles. The first-order valence-electron chi connectivity index (χ1n) is 8.42. The molecule has 1 fully saturated rings. The van der Waals surface area contributed by atoms with Gasteiger partial charge in [-0.05, 0) is 73.8 Å². The van der Waals surface area contributed by atoms with E-state index in [1.807, 2.05) is 36.4 Å². The Balaban J connectivity index is 0.00000169. The summed E-state index contributed by atoms with van der Waals surface area (Å²) < 4.78 is 5.72. The van der Waals surface area contributed by atoms with Crippen LogP contribution in [-0.2, 0) is 11.4 Å². The first-order valence-corrected chi connectivity index (χ1v) is 8.42. The molecule has 1 unspecified atom stereocenters. The molecule has 1 atom stereocenters. The van der Waals surface area contributed by atoms with Crippen molar-refractivity contribution in [3.63, 3.8) is 0 Å². The Morgan fingerprint density at radius 2 is 1.88 bits per heavy atom. The summed E-state index contributed by atoms with van der Waals surface area (Å²) in [5.74, 6) is 1.49. The topological polar surface area (TPSA) is 63.2 Å². The van der Waals surface area contributed by atoms with E-state index in [9.17, 15) is 4.79 Å². The van der Waals surface area contributed by atoms with Crippen molar-refractivity contribution in [3.05, 3.63) is 54.4 Å². The van der Waals surface area contributed by atoms with Crippen LogP contribution in [0.15, 0.2) is 48.8 Å². The molecule has 0 radical (unpaired) electrons. The molecule has 2 aromatic rings. The van der Waals surface area contributed by atoms with Crippen LogP contribution in [0.2, 0.25) is 0 Å². The average Bonchev–Trinajstić information content (AvgIpc) is 3.14. The van der Waals surface area contributed by atoms with E-state index in [1.54, 1.807) is 12.4 Å². The zero-order chi connectivity index (χ0) is 16.6. The largest absolute Gasteiger partial charge is 0.489 e. The number of hydrogen-bond acceptors (Lipinski definition) is 4. The van der Waals surface area contributed by atoms with Gasteiger partial charge in [-0.1, -0.05) is 0 Å². The third kappa shape index (κ3) is 7.20. The maximum Gasteiger partial charge on any atom is 0.224 e. The number of rotatable bonds is 7. The normalized spacial score (nSPS) is 15.5. The summed E-state index contributed by atoms with van der Waals surface area (Å²) in [6, 6.07) is 11.3. The predicted molar refractivity (Wildman–Crippen MR) is 108 cm³/mol. The van der Waals surface area contributed by atoms with Crippen molar-refractivity contribution in [2.45, 2.75) is 25.9 Å². The molecule has 0 saturated carbocycles. The van der Waals surface area contributed by atoms with Gasteiger partial charge in [0.15, 0.2) is 0 Å². The summed E-state index contributed by atoms with van der Waals surface area (Å²) in [6.45, 7) is 2.62. The molecule has 142 valence electrons. The molecule has 1 amide bonds. The van der Waals surface area contributed by atoms with Crippen molar-refractivity contribution in [1.82, 2.24) is 10.3 Å². The number of carbonyl (C=O) groups is 1. The maximum atomic E-state index is 12.0. The molecule has 1 aliphatic rings. The number of pyridine rings is 1. The van der Waals surface area contributed by atoms with E-state index in [-0.39, 0.29) is 30.7 Å². The number of ether oxygens (including phenoxy) is 1. The predicted octanol–water partition coefficient (Wildman–Crippen LogP) is 3.83. The third-order valence-electron chi connectivity index (χ3n) is 4.23. The standard InChI is InChI=1S/C19H23N3O2.2ClH/c23-19(6-1-15-7-12-21-13-15)22-17-2-4-18(5-3-17)24-14-16-8-10-20-11-9-16;;/h2-5,8-11,15,21H,1,6-7,12-14H2,(H,22,23);2*1H. The Bertz CT molecular complexity index is 648. The van der Waals surface area contributed by atoms with Crippen molar-refractivity contribution in [3.8, 4) is 5.75 Å². The molecule has 1 aliphatic heterocycles. The van der Waals surface area contributed by atoms with Gasteiger partial charge in [0.05, 0.1) is 0 Å². The van der Waals surface area contributed by atoms with Crippen LogP contribution in [0.3, 0.4) is 0 Å². The highest BCUT2D eigenvalue weighted by Crippen LogP contribution is 2.18. The highest BCUT2D eigenvalue weighted by molar-refractivity contribution is 5.90. The second kappa shape index (κ2) is 11.7. The summed E-state index contributed by atoms with van der Waals surface area (Å²) in [7, 11) is 0. The first kappa shape index (κ1) is 22.2. The van der Waals surface area contributed by atoms with Crippen LogP contribution in [0, 0.1) is 5.92 Å². The Morgan fingerprint density at radius 3 is 2.54 bits per heavy atom. The molecule has 5 nitrogen and oxygen atoms in total. The molecule has 7 heteroatoms. The van der Waals surface area contributed by atoms with Crippen LogP contribution in [0.1, 0.15) is 24.8 Å². The van der Waals surface area contributed by atoms with E-state index in [4.69, 9.17) is 4.74 Å². The lowest BCUT2D eigenvalue weighted by Gasteiger charge is -2.10. The second-order valence-electron chi connectivity index (χ2n) is 6.11. The Morgan fingerprint density at radius 1 is 1.15 bits per heavy atom. The highest BCUT2D eigenvalue weighted by Gasteiger charge is 2.15. The Labute approximate surface area is 166 Å². The quantitative estimate of drug-likeness (QED) is 0.744. The zero-order valence-electron chi connectivity index (χ0n) is 14.5. The summed E-state index contributed by atoms with van der Waals surface area (Å²) in [5.41, 5.74) is 1.88. The fourth-order valence-corrected chi connectivity index (χ4v) is 2.80. The number of benzene rings is 1. The first-order chi connectivity index (χ1) is 11.8. The van der Waals surface area contributed by atoms with Crippen molar-refractivity contribution in [2.75, 3.05) is 18.4 Å². The van der Waals surface area contributed by atoms with Gasteiger partial charge in [0.2, 0.25) is 5.91 Å². The van der Waals surface area contributed by atoms with Gasteiger partial charge >= 0.3 is 0 Å². The fourth-order valence-electron chi connectivity index (χ4n) is 2.80. The summed E-state index contributed by atoms with van der Waals surface area (Å²) in [5, 5.41) is 6.27. The SMILES string of the molecule is Cl.Cl.O=C(CCC1CCNC1)Nc1ccc(OCc2ccncc2)cc1. The number of anilines is 1. The van der Waals surface area contributed by atoms with Crippen molar-refractivity contribution in [1.29, 1.82) is 0 Å². The minimum absolute atomic E-state index is 0.